The van der Waals surface area contributed by atoms with Crippen molar-refractivity contribution in [1.82, 2.24) is 4.98 Å². The van der Waals surface area contributed by atoms with Gasteiger partial charge in [0, 0.05) is 24.6 Å². The van der Waals surface area contributed by atoms with Gasteiger partial charge in [0.05, 0.1) is 7.11 Å². The van der Waals surface area contributed by atoms with Crippen molar-refractivity contribution < 1.29 is 9.84 Å². The first-order valence-electron chi connectivity index (χ1n) is 5.72. The molecule has 1 aromatic rings. The zero-order valence-electron chi connectivity index (χ0n) is 9.52. The highest BCUT2D eigenvalue weighted by Crippen LogP contribution is 2.27. The van der Waals surface area contributed by atoms with Gasteiger partial charge < -0.3 is 15.2 Å². The van der Waals surface area contributed by atoms with E-state index in [9.17, 15) is 5.11 Å². The summed E-state index contributed by atoms with van der Waals surface area (Å²) in [5.41, 5.74) is 0. The summed E-state index contributed by atoms with van der Waals surface area (Å²) in [6, 6.07) is 6.00. The fraction of sp³-hybridized carbons (Fsp3) is 0.583. The number of hydrogen-bond acceptors (Lipinski definition) is 4. The van der Waals surface area contributed by atoms with Gasteiger partial charge in [0.15, 0.2) is 0 Å². The summed E-state index contributed by atoms with van der Waals surface area (Å²) >= 11 is 0. The molecule has 2 rings (SSSR count). The number of aliphatic hydroxyl groups is 1. The predicted octanol–water partition coefficient (Wildman–Crippen LogP) is 1.66. The molecule has 1 aromatic heterocycles. The van der Waals surface area contributed by atoms with Crippen LogP contribution in [0.2, 0.25) is 0 Å². The fourth-order valence-electron chi connectivity index (χ4n) is 2.24. The zero-order chi connectivity index (χ0) is 11.4. The van der Waals surface area contributed by atoms with Crippen LogP contribution in [0.3, 0.4) is 0 Å². The van der Waals surface area contributed by atoms with Crippen molar-refractivity contribution in [2.24, 2.45) is 5.92 Å². The van der Waals surface area contributed by atoms with Gasteiger partial charge in [0.1, 0.15) is 5.82 Å². The number of aromatic nitrogens is 1. The summed E-state index contributed by atoms with van der Waals surface area (Å²) in [5.74, 6) is 1.79. The minimum absolute atomic E-state index is 0.252. The van der Waals surface area contributed by atoms with E-state index in [1.54, 1.807) is 7.11 Å². The predicted molar refractivity (Wildman–Crippen MR) is 62.6 cm³/mol. The first-order valence-corrected chi connectivity index (χ1v) is 5.72. The second kappa shape index (κ2) is 5.16. The van der Waals surface area contributed by atoms with Crippen LogP contribution in [0.25, 0.3) is 0 Å². The first-order chi connectivity index (χ1) is 7.83. The average molecular weight is 222 g/mol. The van der Waals surface area contributed by atoms with Gasteiger partial charge in [-0.3, -0.25) is 0 Å². The Bertz CT molecular complexity index is 344. The number of pyridine rings is 1. The summed E-state index contributed by atoms with van der Waals surface area (Å²) < 4.78 is 5.07. The highest BCUT2D eigenvalue weighted by atomic mass is 16.5. The lowest BCUT2D eigenvalue weighted by molar-refractivity contribution is 0.222. The Morgan fingerprint density at radius 3 is 3.12 bits per heavy atom. The highest BCUT2D eigenvalue weighted by molar-refractivity contribution is 5.38. The summed E-state index contributed by atoms with van der Waals surface area (Å²) in [7, 11) is 1.61. The molecule has 16 heavy (non-hydrogen) atoms. The lowest BCUT2D eigenvalue weighted by atomic mass is 10.1. The zero-order valence-corrected chi connectivity index (χ0v) is 9.52. The molecule has 1 aliphatic rings. The Balaban J connectivity index is 2.02. The molecule has 2 atom stereocenters. The van der Waals surface area contributed by atoms with E-state index in [1.807, 2.05) is 18.2 Å². The van der Waals surface area contributed by atoms with E-state index in [0.717, 1.165) is 18.7 Å². The highest BCUT2D eigenvalue weighted by Gasteiger charge is 2.26. The molecular weight excluding hydrogens is 204 g/mol. The van der Waals surface area contributed by atoms with Crippen LogP contribution in [0, 0.1) is 5.92 Å². The van der Waals surface area contributed by atoms with Gasteiger partial charge in [-0.1, -0.05) is 12.5 Å². The number of ether oxygens (including phenoxy) is 1. The summed E-state index contributed by atoms with van der Waals surface area (Å²) in [6.45, 7) is 0.252. The molecule has 88 valence electrons. The van der Waals surface area contributed by atoms with Gasteiger partial charge in [0.2, 0.25) is 5.88 Å². The molecule has 1 heterocycles. The molecule has 0 aromatic carbocycles. The van der Waals surface area contributed by atoms with Gasteiger partial charge in [-0.2, -0.15) is 4.98 Å². The quantitative estimate of drug-likeness (QED) is 0.813. The van der Waals surface area contributed by atoms with Crippen molar-refractivity contribution in [3.8, 4) is 5.88 Å². The SMILES string of the molecule is COc1cccc(NC2CCCC2CO)n1. The normalized spacial score (nSPS) is 24.4. The van der Waals surface area contributed by atoms with Gasteiger partial charge in [-0.05, 0) is 18.9 Å². The van der Waals surface area contributed by atoms with Crippen molar-refractivity contribution >= 4 is 5.82 Å². The van der Waals surface area contributed by atoms with E-state index >= 15 is 0 Å². The average Bonchev–Trinajstić information content (AvgIpc) is 2.76. The Morgan fingerprint density at radius 1 is 1.50 bits per heavy atom. The molecule has 1 aliphatic carbocycles. The van der Waals surface area contributed by atoms with Crippen LogP contribution < -0.4 is 10.1 Å². The van der Waals surface area contributed by atoms with Crippen LogP contribution in [-0.4, -0.2) is 29.8 Å². The van der Waals surface area contributed by atoms with Crippen LogP contribution in [0.15, 0.2) is 18.2 Å². The van der Waals surface area contributed by atoms with E-state index < -0.39 is 0 Å². The number of aliphatic hydroxyl groups excluding tert-OH is 1. The van der Waals surface area contributed by atoms with E-state index in [2.05, 4.69) is 10.3 Å². The fourth-order valence-corrected chi connectivity index (χ4v) is 2.24. The molecule has 0 aliphatic heterocycles. The van der Waals surface area contributed by atoms with Gasteiger partial charge in [0.25, 0.3) is 0 Å². The van der Waals surface area contributed by atoms with Gasteiger partial charge >= 0.3 is 0 Å². The lowest BCUT2D eigenvalue weighted by Gasteiger charge is -2.19. The van der Waals surface area contributed by atoms with Crippen molar-refractivity contribution in [2.45, 2.75) is 25.3 Å². The molecule has 1 saturated carbocycles. The second-order valence-corrected chi connectivity index (χ2v) is 4.19. The maximum atomic E-state index is 9.23. The molecule has 4 nitrogen and oxygen atoms in total. The molecule has 0 saturated heterocycles. The van der Waals surface area contributed by atoms with Crippen LogP contribution in [0.4, 0.5) is 5.82 Å². The molecule has 2 unspecified atom stereocenters. The Kier molecular flexibility index (Phi) is 3.62. The molecule has 0 radical (unpaired) electrons. The standard InChI is InChI=1S/C12H18N2O2/c1-16-12-7-3-6-11(14-12)13-10-5-2-4-9(10)8-15/h3,6-7,9-10,15H,2,4-5,8H2,1H3,(H,13,14). The third kappa shape index (κ3) is 2.44. The third-order valence-electron chi connectivity index (χ3n) is 3.16. The van der Waals surface area contributed by atoms with Crippen LogP contribution in [0.5, 0.6) is 5.88 Å². The Morgan fingerprint density at radius 2 is 2.38 bits per heavy atom. The first kappa shape index (κ1) is 11.2. The van der Waals surface area contributed by atoms with Crippen LogP contribution in [0.1, 0.15) is 19.3 Å². The van der Waals surface area contributed by atoms with Gasteiger partial charge in [-0.25, -0.2) is 0 Å². The second-order valence-electron chi connectivity index (χ2n) is 4.19. The molecular formula is C12H18N2O2. The molecule has 0 amide bonds. The Labute approximate surface area is 95.7 Å². The monoisotopic (exact) mass is 222 g/mol. The maximum absolute atomic E-state index is 9.23. The number of nitrogens with one attached hydrogen (secondary N) is 1. The minimum atomic E-state index is 0.252. The largest absolute Gasteiger partial charge is 0.481 e. The number of rotatable bonds is 4. The molecule has 2 N–H and O–H groups in total. The van der Waals surface area contributed by atoms with E-state index in [1.165, 1.54) is 6.42 Å². The number of hydrogen-bond donors (Lipinski definition) is 2. The number of anilines is 1. The minimum Gasteiger partial charge on any atom is -0.481 e. The van der Waals surface area contributed by atoms with Crippen molar-refractivity contribution in [3.63, 3.8) is 0 Å². The molecule has 0 spiro atoms. The molecule has 0 bridgehead atoms. The van der Waals surface area contributed by atoms with Crippen molar-refractivity contribution in [1.29, 1.82) is 0 Å². The van der Waals surface area contributed by atoms with E-state index in [0.29, 0.717) is 17.8 Å². The maximum Gasteiger partial charge on any atom is 0.214 e. The van der Waals surface area contributed by atoms with Crippen LogP contribution in [-0.2, 0) is 0 Å². The van der Waals surface area contributed by atoms with Crippen molar-refractivity contribution in [3.05, 3.63) is 18.2 Å². The number of methoxy groups -OCH3 is 1. The van der Waals surface area contributed by atoms with E-state index in [4.69, 9.17) is 4.74 Å². The van der Waals surface area contributed by atoms with Crippen LogP contribution >= 0.6 is 0 Å². The third-order valence-corrected chi connectivity index (χ3v) is 3.16. The van der Waals surface area contributed by atoms with Gasteiger partial charge in [-0.15, -0.1) is 0 Å². The summed E-state index contributed by atoms with van der Waals surface area (Å²) in [4.78, 5) is 4.31. The molecule has 4 heteroatoms. The molecule has 1 fully saturated rings. The smallest absolute Gasteiger partial charge is 0.214 e. The lowest BCUT2D eigenvalue weighted by Crippen LogP contribution is -2.26. The summed E-state index contributed by atoms with van der Waals surface area (Å²) in [6.07, 6.45) is 3.37. The summed E-state index contributed by atoms with van der Waals surface area (Å²) in [5, 5.41) is 12.6. The van der Waals surface area contributed by atoms with E-state index in [-0.39, 0.29) is 6.61 Å². The van der Waals surface area contributed by atoms with Crippen molar-refractivity contribution in [2.75, 3.05) is 19.0 Å². The Hall–Kier alpha value is -1.29. The topological polar surface area (TPSA) is 54.4 Å². The number of nitrogens with zero attached hydrogens (tertiary/aromatic N) is 1.